The standard InChI is InChI=1S/C27H24F3N3O2S2/c1-26(2)13-20-23(21(34)14-26)19(17-8-4-3-5-9-17)12-22(35)33(20)24-31-32-25(37-24)36-15-16-7-6-10-18(11-16)27(28,29)30/h3-11,19H,12-15H2,1-2H3/t19-/m0/s1. The third kappa shape index (κ3) is 5.36. The van der Waals surface area contributed by atoms with E-state index in [-0.39, 0.29) is 35.2 Å². The topological polar surface area (TPSA) is 63.2 Å². The Balaban J connectivity index is 1.44. The lowest BCUT2D eigenvalue weighted by molar-refractivity contribution is -0.137. The largest absolute Gasteiger partial charge is 0.416 e. The second kappa shape index (κ2) is 9.72. The van der Waals surface area contributed by atoms with Crippen LogP contribution in [0.15, 0.2) is 70.2 Å². The molecule has 2 heterocycles. The van der Waals surface area contributed by atoms with Crippen molar-refractivity contribution < 1.29 is 22.8 Å². The predicted molar refractivity (Wildman–Crippen MR) is 137 cm³/mol. The summed E-state index contributed by atoms with van der Waals surface area (Å²) in [5, 5.41) is 8.81. The number of rotatable bonds is 5. The van der Waals surface area contributed by atoms with Gasteiger partial charge in [0, 0.05) is 35.8 Å². The van der Waals surface area contributed by atoms with Crippen LogP contribution in [0.5, 0.6) is 0 Å². The van der Waals surface area contributed by atoms with E-state index in [2.05, 4.69) is 10.2 Å². The number of carbonyl (C=O) groups excluding carboxylic acids is 2. The van der Waals surface area contributed by atoms with Crippen molar-refractivity contribution in [3.05, 3.63) is 82.6 Å². The molecule has 1 aliphatic carbocycles. The first-order valence-corrected chi connectivity index (χ1v) is 13.6. The number of carbonyl (C=O) groups is 2. The molecule has 0 unspecified atom stereocenters. The molecule has 10 heteroatoms. The fourth-order valence-corrected chi connectivity index (χ4v) is 6.77. The van der Waals surface area contributed by atoms with Crippen LogP contribution in [0.25, 0.3) is 0 Å². The first-order valence-electron chi connectivity index (χ1n) is 11.8. The van der Waals surface area contributed by atoms with Crippen LogP contribution < -0.4 is 4.90 Å². The van der Waals surface area contributed by atoms with Crippen molar-refractivity contribution >= 4 is 39.9 Å². The summed E-state index contributed by atoms with van der Waals surface area (Å²) in [5.74, 6) is -0.127. The summed E-state index contributed by atoms with van der Waals surface area (Å²) in [6, 6.07) is 14.8. The maximum absolute atomic E-state index is 13.5. The number of halogens is 3. The Morgan fingerprint density at radius 2 is 1.81 bits per heavy atom. The van der Waals surface area contributed by atoms with Gasteiger partial charge in [0.25, 0.3) is 0 Å². The van der Waals surface area contributed by atoms with Gasteiger partial charge in [-0.2, -0.15) is 13.2 Å². The van der Waals surface area contributed by atoms with Crippen molar-refractivity contribution in [2.75, 3.05) is 4.90 Å². The van der Waals surface area contributed by atoms with E-state index >= 15 is 0 Å². The number of Topliss-reactive ketones (excluding diaryl/α,β-unsaturated/α-hetero) is 1. The third-order valence-corrected chi connectivity index (χ3v) is 8.66. The summed E-state index contributed by atoms with van der Waals surface area (Å²) in [7, 11) is 0. The van der Waals surface area contributed by atoms with E-state index in [1.807, 2.05) is 44.2 Å². The summed E-state index contributed by atoms with van der Waals surface area (Å²) < 4.78 is 39.7. The van der Waals surface area contributed by atoms with Gasteiger partial charge in [-0.05, 0) is 29.0 Å². The Labute approximate surface area is 220 Å². The number of allylic oxidation sites excluding steroid dienone is 2. The van der Waals surface area contributed by atoms with Gasteiger partial charge in [-0.1, -0.05) is 85.5 Å². The maximum Gasteiger partial charge on any atom is 0.416 e. The molecule has 0 saturated heterocycles. The first-order chi connectivity index (χ1) is 17.5. The van der Waals surface area contributed by atoms with E-state index in [9.17, 15) is 22.8 Å². The SMILES string of the molecule is CC1(C)CC(=O)C2=C(C1)N(c1nnc(SCc3cccc(C(F)(F)F)c3)s1)C(=O)C[C@H]2c1ccccc1. The van der Waals surface area contributed by atoms with Crippen molar-refractivity contribution in [1.29, 1.82) is 0 Å². The van der Waals surface area contributed by atoms with Gasteiger partial charge in [0.2, 0.25) is 11.0 Å². The van der Waals surface area contributed by atoms with Crippen molar-refractivity contribution in [1.82, 2.24) is 10.2 Å². The second-order valence-corrected chi connectivity index (χ2v) is 12.2. The van der Waals surface area contributed by atoms with Crippen LogP contribution in [0.4, 0.5) is 18.3 Å². The van der Waals surface area contributed by atoms with Gasteiger partial charge in [0.05, 0.1) is 5.56 Å². The zero-order chi connectivity index (χ0) is 26.4. The Morgan fingerprint density at radius 3 is 2.54 bits per heavy atom. The molecule has 0 N–H and O–H groups in total. The van der Waals surface area contributed by atoms with E-state index < -0.39 is 11.7 Å². The van der Waals surface area contributed by atoms with Gasteiger partial charge >= 0.3 is 6.18 Å². The second-order valence-electron chi connectivity index (χ2n) is 10.0. The van der Waals surface area contributed by atoms with Crippen molar-refractivity contribution in [2.45, 2.75) is 55.3 Å². The number of alkyl halides is 3. The average Bonchev–Trinajstić information content (AvgIpc) is 3.30. The molecular weight excluding hydrogens is 519 g/mol. The van der Waals surface area contributed by atoms with Crippen LogP contribution in [0.1, 0.15) is 55.7 Å². The van der Waals surface area contributed by atoms with Crippen LogP contribution in [-0.4, -0.2) is 21.9 Å². The van der Waals surface area contributed by atoms with Crippen LogP contribution in [0, 0.1) is 5.41 Å². The fraction of sp³-hybridized carbons (Fsp3) is 0.333. The Kier molecular flexibility index (Phi) is 6.74. The minimum absolute atomic E-state index is 0.0428. The summed E-state index contributed by atoms with van der Waals surface area (Å²) in [6.45, 7) is 4.03. The molecule has 1 aliphatic heterocycles. The van der Waals surface area contributed by atoms with Gasteiger partial charge < -0.3 is 0 Å². The molecule has 5 rings (SSSR count). The summed E-state index contributed by atoms with van der Waals surface area (Å²) >= 11 is 2.47. The smallest absolute Gasteiger partial charge is 0.294 e. The number of thioether (sulfide) groups is 1. The molecule has 1 amide bonds. The quantitative estimate of drug-likeness (QED) is 0.256. The number of anilines is 1. The van der Waals surface area contributed by atoms with Crippen LogP contribution in [-0.2, 0) is 21.5 Å². The molecule has 0 fully saturated rings. The van der Waals surface area contributed by atoms with Gasteiger partial charge in [-0.25, -0.2) is 0 Å². The van der Waals surface area contributed by atoms with Crippen LogP contribution in [0.2, 0.25) is 0 Å². The highest BCUT2D eigenvalue weighted by Gasteiger charge is 2.45. The van der Waals surface area contributed by atoms with E-state index in [0.29, 0.717) is 39.1 Å². The monoisotopic (exact) mass is 543 g/mol. The van der Waals surface area contributed by atoms with Crippen molar-refractivity contribution in [3.8, 4) is 0 Å². The minimum atomic E-state index is -4.40. The van der Waals surface area contributed by atoms with Crippen molar-refractivity contribution in [2.24, 2.45) is 5.41 Å². The zero-order valence-corrected chi connectivity index (χ0v) is 21.8. The highest BCUT2D eigenvalue weighted by atomic mass is 32.2. The zero-order valence-electron chi connectivity index (χ0n) is 20.2. The fourth-order valence-electron chi connectivity index (χ4n) is 4.94. The number of nitrogens with zero attached hydrogens (tertiary/aromatic N) is 3. The van der Waals surface area contributed by atoms with Gasteiger partial charge in [0.1, 0.15) is 0 Å². The van der Waals surface area contributed by atoms with Crippen LogP contribution in [0.3, 0.4) is 0 Å². The van der Waals surface area contributed by atoms with Gasteiger partial charge in [-0.3, -0.25) is 14.5 Å². The Morgan fingerprint density at radius 1 is 1.05 bits per heavy atom. The maximum atomic E-state index is 13.5. The summed E-state index contributed by atoms with van der Waals surface area (Å²) in [6.07, 6.45) is -3.29. The van der Waals surface area contributed by atoms with Gasteiger partial charge in [-0.15, -0.1) is 10.2 Å². The molecule has 37 heavy (non-hydrogen) atoms. The highest BCUT2D eigenvalue weighted by molar-refractivity contribution is 8.00. The minimum Gasteiger partial charge on any atom is -0.294 e. The number of hydrogen-bond acceptors (Lipinski definition) is 6. The number of ketones is 1. The molecule has 1 atom stereocenters. The normalized spacial score (nSPS) is 19.8. The molecule has 2 aromatic carbocycles. The van der Waals surface area contributed by atoms with E-state index in [1.165, 1.54) is 29.2 Å². The van der Waals surface area contributed by atoms with Crippen LogP contribution >= 0.6 is 23.1 Å². The molecule has 1 aromatic heterocycles. The Hall–Kier alpha value is -2.98. The lowest BCUT2D eigenvalue weighted by Crippen LogP contribution is -2.43. The summed E-state index contributed by atoms with van der Waals surface area (Å²) in [5.41, 5.74) is 1.79. The first kappa shape index (κ1) is 25.7. The Bertz CT molecular complexity index is 1380. The molecular formula is C27H24F3N3O2S2. The molecule has 0 saturated carbocycles. The lowest BCUT2D eigenvalue weighted by Gasteiger charge is -2.41. The van der Waals surface area contributed by atoms with E-state index in [4.69, 9.17) is 0 Å². The summed E-state index contributed by atoms with van der Waals surface area (Å²) in [4.78, 5) is 28.4. The predicted octanol–water partition coefficient (Wildman–Crippen LogP) is 7.01. The molecule has 3 aromatic rings. The highest BCUT2D eigenvalue weighted by Crippen LogP contribution is 2.48. The molecule has 0 radical (unpaired) electrons. The van der Waals surface area contributed by atoms with E-state index in [0.717, 1.165) is 17.7 Å². The number of benzene rings is 2. The van der Waals surface area contributed by atoms with Crippen molar-refractivity contribution in [3.63, 3.8) is 0 Å². The molecule has 0 bridgehead atoms. The number of amides is 1. The third-order valence-electron chi connectivity index (χ3n) is 6.55. The van der Waals surface area contributed by atoms with E-state index in [1.54, 1.807) is 11.0 Å². The molecule has 2 aliphatic rings. The average molecular weight is 544 g/mol. The molecule has 5 nitrogen and oxygen atoms in total. The molecule has 0 spiro atoms. The number of hydrogen-bond donors (Lipinski definition) is 0. The lowest BCUT2D eigenvalue weighted by atomic mass is 9.69. The van der Waals surface area contributed by atoms with Gasteiger partial charge in [0.15, 0.2) is 10.1 Å². The molecule has 192 valence electrons. The number of aromatic nitrogens is 2.